The molecule has 0 fully saturated rings. The van der Waals surface area contributed by atoms with E-state index in [1.807, 2.05) is 6.07 Å². The maximum absolute atomic E-state index is 10.8. The molecule has 0 spiro atoms. The van der Waals surface area contributed by atoms with E-state index in [4.69, 9.17) is 28.3 Å². The highest BCUT2D eigenvalue weighted by atomic mass is 35.5. The monoisotopic (exact) mass is 287 g/mol. The lowest BCUT2D eigenvalue weighted by Gasteiger charge is -2.16. The number of aliphatic carboxylic acids is 1. The Bertz CT molecular complexity index is 435. The summed E-state index contributed by atoms with van der Waals surface area (Å²) in [6.45, 7) is 4.15. The normalized spacial score (nSPS) is 12.1. The molecule has 0 bridgehead atoms. The molecule has 1 rings (SSSR count). The Morgan fingerprint density at radius 3 is 2.78 bits per heavy atom. The van der Waals surface area contributed by atoms with Crippen molar-refractivity contribution in [1.82, 2.24) is 5.32 Å². The zero-order chi connectivity index (χ0) is 13.5. The summed E-state index contributed by atoms with van der Waals surface area (Å²) in [7, 11) is 0. The van der Waals surface area contributed by atoms with Crippen molar-refractivity contribution in [3.05, 3.63) is 46.5 Å². The molecule has 98 valence electrons. The SMILES string of the molecule is C=CCNC(CC(=O)O)Cc1ccc(Cl)cc1Cl. The summed E-state index contributed by atoms with van der Waals surface area (Å²) in [5, 5.41) is 13.1. The summed E-state index contributed by atoms with van der Waals surface area (Å²) in [5.41, 5.74) is 0.879. The first kappa shape index (κ1) is 15.0. The summed E-state index contributed by atoms with van der Waals surface area (Å²) in [6.07, 6.45) is 2.27. The van der Waals surface area contributed by atoms with Crippen molar-refractivity contribution in [3.8, 4) is 0 Å². The second-order valence-electron chi connectivity index (χ2n) is 3.93. The summed E-state index contributed by atoms with van der Waals surface area (Å²) in [4.78, 5) is 10.8. The fraction of sp³-hybridized carbons (Fsp3) is 0.308. The van der Waals surface area contributed by atoms with Crippen LogP contribution in [0.4, 0.5) is 0 Å². The van der Waals surface area contributed by atoms with Crippen LogP contribution in [0.5, 0.6) is 0 Å². The van der Waals surface area contributed by atoms with E-state index in [2.05, 4.69) is 11.9 Å². The van der Waals surface area contributed by atoms with E-state index < -0.39 is 5.97 Å². The zero-order valence-corrected chi connectivity index (χ0v) is 11.3. The van der Waals surface area contributed by atoms with Gasteiger partial charge in [0, 0.05) is 22.6 Å². The molecule has 2 N–H and O–H groups in total. The van der Waals surface area contributed by atoms with Gasteiger partial charge in [0.05, 0.1) is 6.42 Å². The highest BCUT2D eigenvalue weighted by Gasteiger charge is 2.14. The number of carboxylic acid groups (broad SMARTS) is 1. The summed E-state index contributed by atoms with van der Waals surface area (Å²) < 4.78 is 0. The van der Waals surface area contributed by atoms with Gasteiger partial charge in [-0.25, -0.2) is 0 Å². The van der Waals surface area contributed by atoms with Crippen molar-refractivity contribution in [3.63, 3.8) is 0 Å². The van der Waals surface area contributed by atoms with Crippen LogP contribution in [0.1, 0.15) is 12.0 Å². The van der Waals surface area contributed by atoms with E-state index in [0.717, 1.165) is 5.56 Å². The maximum Gasteiger partial charge on any atom is 0.304 e. The number of carbonyl (C=O) groups is 1. The largest absolute Gasteiger partial charge is 0.481 e. The number of nitrogens with one attached hydrogen (secondary N) is 1. The molecule has 0 aromatic heterocycles. The molecule has 0 saturated carbocycles. The Hall–Kier alpha value is -1.03. The lowest BCUT2D eigenvalue weighted by molar-refractivity contribution is -0.137. The van der Waals surface area contributed by atoms with E-state index >= 15 is 0 Å². The Morgan fingerprint density at radius 1 is 1.50 bits per heavy atom. The third-order valence-corrected chi connectivity index (χ3v) is 3.04. The van der Waals surface area contributed by atoms with Gasteiger partial charge in [-0.3, -0.25) is 4.79 Å². The van der Waals surface area contributed by atoms with Crippen LogP contribution < -0.4 is 5.32 Å². The Labute approximate surface area is 116 Å². The van der Waals surface area contributed by atoms with Gasteiger partial charge in [0.1, 0.15) is 0 Å². The molecule has 1 aromatic rings. The average molecular weight is 288 g/mol. The summed E-state index contributed by atoms with van der Waals surface area (Å²) in [6, 6.07) is 5.03. The first-order valence-electron chi connectivity index (χ1n) is 5.53. The lowest BCUT2D eigenvalue weighted by atomic mass is 10.0. The Morgan fingerprint density at radius 2 is 2.22 bits per heavy atom. The van der Waals surface area contributed by atoms with Crippen LogP contribution in [0.15, 0.2) is 30.9 Å². The number of benzene rings is 1. The predicted octanol–water partition coefficient (Wildman–Crippen LogP) is 3.15. The maximum atomic E-state index is 10.8. The highest BCUT2D eigenvalue weighted by Crippen LogP contribution is 2.22. The van der Waals surface area contributed by atoms with Crippen molar-refractivity contribution in [2.24, 2.45) is 0 Å². The van der Waals surface area contributed by atoms with Crippen LogP contribution >= 0.6 is 23.2 Å². The van der Waals surface area contributed by atoms with Gasteiger partial charge in [0.25, 0.3) is 0 Å². The van der Waals surface area contributed by atoms with Gasteiger partial charge in [0.2, 0.25) is 0 Å². The number of halogens is 2. The summed E-state index contributed by atoms with van der Waals surface area (Å²) in [5.74, 6) is -0.846. The average Bonchev–Trinajstić information content (AvgIpc) is 2.29. The molecule has 18 heavy (non-hydrogen) atoms. The minimum Gasteiger partial charge on any atom is -0.481 e. The minimum absolute atomic E-state index is 0.0345. The molecule has 1 unspecified atom stereocenters. The smallest absolute Gasteiger partial charge is 0.304 e. The Kier molecular flexibility index (Phi) is 6.19. The van der Waals surface area contributed by atoms with Crippen molar-refractivity contribution in [2.45, 2.75) is 18.9 Å². The molecule has 0 saturated heterocycles. The minimum atomic E-state index is -0.846. The summed E-state index contributed by atoms with van der Waals surface area (Å²) >= 11 is 11.9. The fourth-order valence-electron chi connectivity index (χ4n) is 1.63. The molecule has 0 amide bonds. The van der Waals surface area contributed by atoms with Gasteiger partial charge in [0.15, 0.2) is 0 Å². The van der Waals surface area contributed by atoms with Crippen molar-refractivity contribution < 1.29 is 9.90 Å². The van der Waals surface area contributed by atoms with Gasteiger partial charge in [-0.15, -0.1) is 6.58 Å². The zero-order valence-electron chi connectivity index (χ0n) is 9.83. The fourth-order valence-corrected chi connectivity index (χ4v) is 2.12. The number of hydrogen-bond donors (Lipinski definition) is 2. The highest BCUT2D eigenvalue weighted by molar-refractivity contribution is 6.35. The van der Waals surface area contributed by atoms with Crippen LogP contribution in [0.25, 0.3) is 0 Å². The van der Waals surface area contributed by atoms with Gasteiger partial charge >= 0.3 is 5.97 Å². The first-order valence-corrected chi connectivity index (χ1v) is 6.28. The second kappa shape index (κ2) is 7.41. The van der Waals surface area contributed by atoms with E-state index in [0.29, 0.717) is 23.0 Å². The first-order chi connectivity index (χ1) is 8.52. The molecule has 3 nitrogen and oxygen atoms in total. The number of hydrogen-bond acceptors (Lipinski definition) is 2. The lowest BCUT2D eigenvalue weighted by Crippen LogP contribution is -2.33. The molecule has 0 aliphatic rings. The standard InChI is InChI=1S/C13H15Cl2NO2/c1-2-5-16-11(8-13(17)18)6-9-3-4-10(14)7-12(9)15/h2-4,7,11,16H,1,5-6,8H2,(H,17,18). The predicted molar refractivity (Wildman–Crippen MR) is 74.4 cm³/mol. The molecule has 5 heteroatoms. The van der Waals surface area contributed by atoms with E-state index in [-0.39, 0.29) is 12.5 Å². The third kappa shape index (κ3) is 5.08. The molecule has 1 atom stereocenters. The van der Waals surface area contributed by atoms with Crippen LogP contribution in [0.2, 0.25) is 10.0 Å². The molecular formula is C13H15Cl2NO2. The van der Waals surface area contributed by atoms with Crippen LogP contribution in [0.3, 0.4) is 0 Å². The van der Waals surface area contributed by atoms with Gasteiger partial charge in [-0.05, 0) is 24.1 Å². The molecule has 0 aliphatic carbocycles. The molecule has 1 aromatic carbocycles. The molecule has 0 heterocycles. The van der Waals surface area contributed by atoms with E-state index in [1.165, 1.54) is 0 Å². The Balaban J connectivity index is 2.74. The van der Waals surface area contributed by atoms with Crippen molar-refractivity contribution in [1.29, 1.82) is 0 Å². The van der Waals surface area contributed by atoms with Crippen molar-refractivity contribution >= 4 is 29.2 Å². The number of rotatable bonds is 7. The van der Waals surface area contributed by atoms with Crippen LogP contribution in [0, 0.1) is 0 Å². The van der Waals surface area contributed by atoms with Gasteiger partial charge in [-0.2, -0.15) is 0 Å². The quantitative estimate of drug-likeness (QED) is 0.758. The van der Waals surface area contributed by atoms with Crippen molar-refractivity contribution in [2.75, 3.05) is 6.54 Å². The molecule has 0 aliphatic heterocycles. The number of carboxylic acids is 1. The third-order valence-electron chi connectivity index (χ3n) is 2.45. The second-order valence-corrected chi connectivity index (χ2v) is 4.78. The molecular weight excluding hydrogens is 273 g/mol. The van der Waals surface area contributed by atoms with Gasteiger partial charge < -0.3 is 10.4 Å². The van der Waals surface area contributed by atoms with Gasteiger partial charge in [-0.1, -0.05) is 35.3 Å². The van der Waals surface area contributed by atoms with E-state index in [1.54, 1.807) is 18.2 Å². The molecule has 0 radical (unpaired) electrons. The van der Waals surface area contributed by atoms with Crippen LogP contribution in [-0.4, -0.2) is 23.7 Å². The van der Waals surface area contributed by atoms with Crippen LogP contribution in [-0.2, 0) is 11.2 Å². The topological polar surface area (TPSA) is 49.3 Å². The van der Waals surface area contributed by atoms with E-state index in [9.17, 15) is 4.79 Å².